The zero-order valence-electron chi connectivity index (χ0n) is 15.1. The van der Waals surface area contributed by atoms with Gasteiger partial charge in [0, 0.05) is 18.7 Å². The van der Waals surface area contributed by atoms with Crippen molar-refractivity contribution in [2.45, 2.75) is 12.5 Å². The first kappa shape index (κ1) is 17.3. The molecule has 0 fully saturated rings. The number of ether oxygens (including phenoxy) is 1. The molecule has 1 amide bonds. The van der Waals surface area contributed by atoms with Crippen LogP contribution in [0.1, 0.15) is 22.6 Å². The molecule has 1 N–H and O–H groups in total. The number of hydrogen-bond donors (Lipinski definition) is 1. The van der Waals surface area contributed by atoms with Crippen LogP contribution in [0.5, 0.6) is 0 Å². The average molecular weight is 359 g/mol. The van der Waals surface area contributed by atoms with E-state index in [4.69, 9.17) is 4.74 Å². The first-order chi connectivity index (χ1) is 13.2. The van der Waals surface area contributed by atoms with Crippen LogP contribution in [0.25, 0.3) is 11.1 Å². The number of carbonyl (C=O) groups is 1. The Bertz CT molecular complexity index is 937. The Labute approximate surface area is 158 Å². The summed E-state index contributed by atoms with van der Waals surface area (Å²) in [6.45, 7) is 0.225. The molecule has 0 bridgehead atoms. The quantitative estimate of drug-likeness (QED) is 0.743. The zero-order chi connectivity index (χ0) is 18.8. The molecule has 4 rings (SSSR count). The fourth-order valence-electron chi connectivity index (χ4n) is 3.66. The lowest BCUT2D eigenvalue weighted by Crippen LogP contribution is -2.28. The van der Waals surface area contributed by atoms with E-state index in [-0.39, 0.29) is 19.1 Å². The molecule has 27 heavy (non-hydrogen) atoms. The Balaban J connectivity index is 1.52. The van der Waals surface area contributed by atoms with Crippen LogP contribution >= 0.6 is 0 Å². The number of benzene rings is 3. The molecule has 0 spiro atoms. The van der Waals surface area contributed by atoms with Gasteiger partial charge in [0.2, 0.25) is 0 Å². The molecule has 0 saturated heterocycles. The second-order valence-electron chi connectivity index (χ2n) is 6.69. The lowest BCUT2D eigenvalue weighted by Gasteiger charge is -2.20. The van der Waals surface area contributed by atoms with Crippen molar-refractivity contribution in [2.24, 2.45) is 0 Å². The van der Waals surface area contributed by atoms with Gasteiger partial charge in [0.15, 0.2) is 0 Å². The summed E-state index contributed by atoms with van der Waals surface area (Å²) in [5, 5.41) is 9.28. The Morgan fingerprint density at radius 1 is 0.963 bits per heavy atom. The lowest BCUT2D eigenvalue weighted by atomic mass is 9.98. The van der Waals surface area contributed by atoms with Crippen molar-refractivity contribution in [2.75, 3.05) is 18.6 Å². The summed E-state index contributed by atoms with van der Waals surface area (Å²) >= 11 is 0. The Morgan fingerprint density at radius 2 is 1.59 bits per heavy atom. The molecular weight excluding hydrogens is 338 g/mol. The van der Waals surface area contributed by atoms with Crippen molar-refractivity contribution in [1.82, 2.24) is 0 Å². The van der Waals surface area contributed by atoms with Gasteiger partial charge in [-0.25, -0.2) is 4.79 Å². The summed E-state index contributed by atoms with van der Waals surface area (Å²) in [5.74, 6) is 0.0403. The van der Waals surface area contributed by atoms with E-state index < -0.39 is 6.09 Å². The fraction of sp³-hybridized carbons (Fsp3) is 0.174. The van der Waals surface area contributed by atoms with Crippen molar-refractivity contribution in [1.29, 1.82) is 0 Å². The zero-order valence-corrected chi connectivity index (χ0v) is 15.1. The molecule has 4 nitrogen and oxygen atoms in total. The van der Waals surface area contributed by atoms with Gasteiger partial charge in [-0.2, -0.15) is 0 Å². The van der Waals surface area contributed by atoms with Crippen molar-refractivity contribution >= 4 is 11.8 Å². The molecule has 3 aromatic rings. The minimum Gasteiger partial charge on any atom is -0.448 e. The van der Waals surface area contributed by atoms with Crippen LogP contribution in [-0.2, 0) is 11.3 Å². The summed E-state index contributed by atoms with van der Waals surface area (Å²) in [5.41, 5.74) is 6.24. The Morgan fingerprint density at radius 3 is 2.22 bits per heavy atom. The molecule has 0 aliphatic heterocycles. The molecule has 4 heteroatoms. The predicted molar refractivity (Wildman–Crippen MR) is 106 cm³/mol. The van der Waals surface area contributed by atoms with Crippen molar-refractivity contribution in [3.05, 3.63) is 89.5 Å². The smallest absolute Gasteiger partial charge is 0.414 e. The van der Waals surface area contributed by atoms with Gasteiger partial charge in [0.1, 0.15) is 6.61 Å². The second-order valence-corrected chi connectivity index (χ2v) is 6.69. The predicted octanol–water partition coefficient (Wildman–Crippen LogP) is 4.56. The third-order valence-electron chi connectivity index (χ3n) is 5.09. The number of amides is 1. The van der Waals surface area contributed by atoms with Gasteiger partial charge in [-0.05, 0) is 39.9 Å². The molecule has 1 aliphatic rings. The minimum absolute atomic E-state index is 0.0403. The van der Waals surface area contributed by atoms with Crippen LogP contribution in [0.4, 0.5) is 10.5 Å². The number of carbonyl (C=O) groups excluding carboxylic acids is 1. The van der Waals surface area contributed by atoms with E-state index in [0.717, 1.165) is 5.56 Å². The largest absolute Gasteiger partial charge is 0.448 e. The summed E-state index contributed by atoms with van der Waals surface area (Å²) < 4.78 is 5.65. The summed E-state index contributed by atoms with van der Waals surface area (Å²) in [7, 11) is 1.68. The first-order valence-corrected chi connectivity index (χ1v) is 8.97. The van der Waals surface area contributed by atoms with Crippen LogP contribution < -0.4 is 4.90 Å². The van der Waals surface area contributed by atoms with Gasteiger partial charge in [-0.3, -0.25) is 4.90 Å². The van der Waals surface area contributed by atoms with Gasteiger partial charge in [-0.15, -0.1) is 0 Å². The molecule has 0 saturated carbocycles. The first-order valence-electron chi connectivity index (χ1n) is 8.97. The third kappa shape index (κ3) is 3.20. The third-order valence-corrected chi connectivity index (χ3v) is 5.09. The van der Waals surface area contributed by atoms with Gasteiger partial charge in [0.25, 0.3) is 0 Å². The molecule has 3 aromatic carbocycles. The SMILES string of the molecule is CN(C(=O)OCC1c2ccccc2-c2ccccc21)c1cccc(CO)c1. The molecule has 1 aliphatic carbocycles. The van der Waals surface area contributed by atoms with E-state index in [1.807, 2.05) is 42.5 Å². The number of aliphatic hydroxyl groups is 1. The molecule has 0 aromatic heterocycles. The average Bonchev–Trinajstić information content (AvgIpc) is 3.05. The van der Waals surface area contributed by atoms with E-state index in [1.165, 1.54) is 27.2 Å². The van der Waals surface area contributed by atoms with Gasteiger partial charge >= 0.3 is 6.09 Å². The highest BCUT2D eigenvalue weighted by atomic mass is 16.6. The number of hydrogen-bond acceptors (Lipinski definition) is 3. The molecule has 0 atom stereocenters. The van der Waals surface area contributed by atoms with Gasteiger partial charge in [-0.1, -0.05) is 60.7 Å². The van der Waals surface area contributed by atoms with E-state index in [1.54, 1.807) is 13.1 Å². The van der Waals surface area contributed by atoms with E-state index >= 15 is 0 Å². The summed E-state index contributed by atoms with van der Waals surface area (Å²) in [6, 6.07) is 23.8. The number of rotatable bonds is 4. The Hall–Kier alpha value is -3.11. The topological polar surface area (TPSA) is 49.8 Å². The Kier molecular flexibility index (Phi) is 4.65. The second kappa shape index (κ2) is 7.25. The normalized spacial score (nSPS) is 12.4. The molecule has 0 heterocycles. The lowest BCUT2D eigenvalue weighted by molar-refractivity contribution is 0.152. The van der Waals surface area contributed by atoms with Crippen LogP contribution in [0.15, 0.2) is 72.8 Å². The highest BCUT2D eigenvalue weighted by molar-refractivity contribution is 5.87. The maximum Gasteiger partial charge on any atom is 0.414 e. The fourth-order valence-corrected chi connectivity index (χ4v) is 3.66. The molecular formula is C23H21NO3. The summed E-state index contributed by atoms with van der Waals surface area (Å²) in [6.07, 6.45) is -0.410. The number of anilines is 1. The van der Waals surface area contributed by atoms with Crippen LogP contribution in [0, 0.1) is 0 Å². The van der Waals surface area contributed by atoms with E-state index in [2.05, 4.69) is 24.3 Å². The maximum absolute atomic E-state index is 12.6. The highest BCUT2D eigenvalue weighted by Crippen LogP contribution is 2.44. The number of fused-ring (bicyclic) bond motifs is 3. The van der Waals surface area contributed by atoms with Crippen LogP contribution in [0.2, 0.25) is 0 Å². The van der Waals surface area contributed by atoms with Crippen LogP contribution in [0.3, 0.4) is 0 Å². The number of aliphatic hydroxyl groups excluding tert-OH is 1. The summed E-state index contributed by atoms with van der Waals surface area (Å²) in [4.78, 5) is 14.0. The van der Waals surface area contributed by atoms with E-state index in [9.17, 15) is 9.90 Å². The molecule has 0 unspecified atom stereocenters. The van der Waals surface area contributed by atoms with Crippen molar-refractivity contribution in [3.8, 4) is 11.1 Å². The highest BCUT2D eigenvalue weighted by Gasteiger charge is 2.29. The maximum atomic E-state index is 12.6. The van der Waals surface area contributed by atoms with Crippen molar-refractivity contribution in [3.63, 3.8) is 0 Å². The van der Waals surface area contributed by atoms with E-state index in [0.29, 0.717) is 5.69 Å². The van der Waals surface area contributed by atoms with Gasteiger partial charge < -0.3 is 9.84 Å². The number of nitrogens with zero attached hydrogens (tertiary/aromatic N) is 1. The monoisotopic (exact) mass is 359 g/mol. The molecule has 136 valence electrons. The minimum atomic E-state index is -0.410. The molecule has 0 radical (unpaired) electrons. The standard InChI is InChI=1S/C23H21NO3/c1-24(17-8-6-7-16(13-17)14-25)23(26)27-15-22-20-11-4-2-9-18(20)19-10-3-5-12-21(19)22/h2-13,22,25H,14-15H2,1H3. The van der Waals surface area contributed by atoms with Crippen molar-refractivity contribution < 1.29 is 14.6 Å². The van der Waals surface area contributed by atoms with Crippen LogP contribution in [-0.4, -0.2) is 24.9 Å². The van der Waals surface area contributed by atoms with Gasteiger partial charge in [0.05, 0.1) is 6.61 Å².